The number of benzene rings is 3. The Morgan fingerprint density at radius 2 is 1.75 bits per heavy atom. The molecule has 166 valence electrons. The van der Waals surface area contributed by atoms with Crippen molar-refractivity contribution in [1.82, 2.24) is 10.9 Å². The molecular weight excluding hydrogens is 561 g/mol. The van der Waals surface area contributed by atoms with Gasteiger partial charge in [-0.15, -0.1) is 0 Å². The third kappa shape index (κ3) is 5.81. The second-order valence-electron chi connectivity index (χ2n) is 6.92. The molecule has 2 N–H and O–H groups in total. The normalized spacial score (nSPS) is 11.0. The van der Waals surface area contributed by atoms with Crippen LogP contribution in [0.15, 0.2) is 84.3 Å². The number of amides is 1. The van der Waals surface area contributed by atoms with Gasteiger partial charge in [0.15, 0.2) is 0 Å². The molecule has 0 spiro atoms. The van der Waals surface area contributed by atoms with Crippen LogP contribution in [-0.4, -0.2) is 20.9 Å². The second kappa shape index (κ2) is 10.4. The minimum absolute atomic E-state index is 0.0701. The van der Waals surface area contributed by atoms with Gasteiger partial charge in [0.2, 0.25) is 0 Å². The first-order valence-corrected chi connectivity index (χ1v) is 12.4. The van der Waals surface area contributed by atoms with Crippen molar-refractivity contribution in [1.29, 1.82) is 0 Å². The molecule has 0 heterocycles. The molecule has 0 aliphatic rings. The van der Waals surface area contributed by atoms with Crippen LogP contribution in [-0.2, 0) is 14.8 Å². The van der Waals surface area contributed by atoms with Crippen LogP contribution >= 0.6 is 34.2 Å². The smallest absolute Gasteiger partial charge is 0.264 e. The van der Waals surface area contributed by atoms with E-state index in [0.717, 1.165) is 19.0 Å². The van der Waals surface area contributed by atoms with Crippen LogP contribution < -0.4 is 15.2 Å². The molecule has 9 heteroatoms. The predicted molar refractivity (Wildman–Crippen MR) is 137 cm³/mol. The molecule has 0 fully saturated rings. The van der Waals surface area contributed by atoms with Gasteiger partial charge in [0.25, 0.3) is 15.9 Å². The molecule has 3 aromatic rings. The van der Waals surface area contributed by atoms with Gasteiger partial charge in [0.05, 0.1) is 16.3 Å². The number of hydrogen-bond donors (Lipinski definition) is 2. The lowest BCUT2D eigenvalue weighted by molar-refractivity contribution is -0.120. The van der Waals surface area contributed by atoms with Crippen LogP contribution in [0.3, 0.4) is 0 Å². The van der Waals surface area contributed by atoms with Gasteiger partial charge in [-0.2, -0.15) is 0 Å². The molecule has 0 bridgehead atoms. The molecule has 0 unspecified atom stereocenters. The van der Waals surface area contributed by atoms with Crippen molar-refractivity contribution in [3.8, 4) is 0 Å². The standard InChI is InChI=1S/C23H21ClIN3O3S/c1-16-11-12-20(14-22(16)24)28(32(30,31)21-9-4-3-5-10-21)15-23(29)27-26-17(2)18-7-6-8-19(25)13-18/h3-14,26H,2,15H2,1H3,(H,27,29). The fourth-order valence-electron chi connectivity index (χ4n) is 2.84. The van der Waals surface area contributed by atoms with E-state index in [9.17, 15) is 13.2 Å². The van der Waals surface area contributed by atoms with E-state index in [2.05, 4.69) is 40.0 Å². The highest BCUT2D eigenvalue weighted by atomic mass is 127. The minimum Gasteiger partial charge on any atom is -0.299 e. The van der Waals surface area contributed by atoms with Gasteiger partial charge in [0.1, 0.15) is 6.54 Å². The van der Waals surface area contributed by atoms with Crippen molar-refractivity contribution in [2.45, 2.75) is 11.8 Å². The van der Waals surface area contributed by atoms with E-state index >= 15 is 0 Å². The topological polar surface area (TPSA) is 78.5 Å². The zero-order valence-corrected chi connectivity index (χ0v) is 20.9. The van der Waals surface area contributed by atoms with Gasteiger partial charge in [-0.3, -0.25) is 20.0 Å². The van der Waals surface area contributed by atoms with Gasteiger partial charge in [-0.25, -0.2) is 8.42 Å². The van der Waals surface area contributed by atoms with E-state index in [1.54, 1.807) is 30.3 Å². The van der Waals surface area contributed by atoms with Crippen molar-refractivity contribution in [2.75, 3.05) is 10.8 Å². The highest BCUT2D eigenvalue weighted by molar-refractivity contribution is 14.1. The molecule has 3 aromatic carbocycles. The number of carbonyl (C=O) groups excluding carboxylic acids is 1. The molecule has 0 aliphatic carbocycles. The van der Waals surface area contributed by atoms with Crippen molar-refractivity contribution in [2.24, 2.45) is 0 Å². The molecule has 1 amide bonds. The van der Waals surface area contributed by atoms with Crippen LogP contribution in [0.5, 0.6) is 0 Å². The van der Waals surface area contributed by atoms with Crippen molar-refractivity contribution >= 4 is 61.5 Å². The number of anilines is 1. The lowest BCUT2D eigenvalue weighted by Crippen LogP contribution is -2.45. The van der Waals surface area contributed by atoms with E-state index in [4.69, 9.17) is 11.6 Å². The summed E-state index contributed by atoms with van der Waals surface area (Å²) in [5.41, 5.74) is 7.64. The maximum atomic E-state index is 13.3. The summed E-state index contributed by atoms with van der Waals surface area (Å²) in [6.45, 7) is 5.27. The van der Waals surface area contributed by atoms with Crippen molar-refractivity contribution < 1.29 is 13.2 Å². The molecule has 3 rings (SSSR count). The third-order valence-electron chi connectivity index (χ3n) is 4.59. The Kier molecular flexibility index (Phi) is 7.81. The molecule has 0 atom stereocenters. The minimum atomic E-state index is -4.01. The lowest BCUT2D eigenvalue weighted by atomic mass is 10.2. The van der Waals surface area contributed by atoms with Crippen molar-refractivity contribution in [3.63, 3.8) is 0 Å². The highest BCUT2D eigenvalue weighted by Gasteiger charge is 2.27. The maximum absolute atomic E-state index is 13.3. The lowest BCUT2D eigenvalue weighted by Gasteiger charge is -2.25. The Bertz CT molecular complexity index is 1250. The first-order valence-electron chi connectivity index (χ1n) is 9.52. The molecule has 32 heavy (non-hydrogen) atoms. The van der Waals surface area contributed by atoms with E-state index in [1.807, 2.05) is 31.2 Å². The maximum Gasteiger partial charge on any atom is 0.264 e. The number of hydrogen-bond acceptors (Lipinski definition) is 4. The molecule has 6 nitrogen and oxygen atoms in total. The van der Waals surface area contributed by atoms with Crippen molar-refractivity contribution in [3.05, 3.63) is 99.1 Å². The molecule has 0 saturated heterocycles. The summed E-state index contributed by atoms with van der Waals surface area (Å²) >= 11 is 8.41. The average Bonchev–Trinajstić information content (AvgIpc) is 2.78. The summed E-state index contributed by atoms with van der Waals surface area (Å²) in [4.78, 5) is 12.8. The predicted octanol–water partition coefficient (Wildman–Crippen LogP) is 4.74. The summed E-state index contributed by atoms with van der Waals surface area (Å²) < 4.78 is 28.7. The first-order chi connectivity index (χ1) is 15.2. The van der Waals surface area contributed by atoms with E-state index in [1.165, 1.54) is 18.2 Å². The third-order valence-corrected chi connectivity index (χ3v) is 7.45. The largest absolute Gasteiger partial charge is 0.299 e. The zero-order valence-electron chi connectivity index (χ0n) is 17.2. The first kappa shape index (κ1) is 24.1. The quantitative estimate of drug-likeness (QED) is 0.298. The number of rotatable bonds is 8. The zero-order chi connectivity index (χ0) is 23.3. The van der Waals surface area contributed by atoms with E-state index < -0.39 is 22.5 Å². The molecular formula is C23H21ClIN3O3S. The molecule has 0 aliphatic heterocycles. The van der Waals surface area contributed by atoms with Gasteiger partial charge in [0, 0.05) is 8.59 Å². The number of carbonyl (C=O) groups is 1. The van der Waals surface area contributed by atoms with Crippen LogP contribution in [0.4, 0.5) is 5.69 Å². The number of nitrogens with one attached hydrogen (secondary N) is 2. The van der Waals surface area contributed by atoms with Crippen LogP contribution in [0.2, 0.25) is 5.02 Å². The van der Waals surface area contributed by atoms with Gasteiger partial charge in [-0.05, 0) is 77.0 Å². The molecule has 0 radical (unpaired) electrons. The van der Waals surface area contributed by atoms with E-state index in [0.29, 0.717) is 10.7 Å². The summed E-state index contributed by atoms with van der Waals surface area (Å²) in [5.74, 6) is -0.562. The highest BCUT2D eigenvalue weighted by Crippen LogP contribution is 2.28. The van der Waals surface area contributed by atoms with Gasteiger partial charge >= 0.3 is 0 Å². The fraction of sp³-hybridized carbons (Fsp3) is 0.0870. The number of halogens is 2. The monoisotopic (exact) mass is 581 g/mol. The summed E-state index contributed by atoms with van der Waals surface area (Å²) in [6.07, 6.45) is 0. The summed E-state index contributed by atoms with van der Waals surface area (Å²) in [6, 6.07) is 20.4. The summed E-state index contributed by atoms with van der Waals surface area (Å²) in [5, 5.41) is 0.404. The number of sulfonamides is 1. The van der Waals surface area contributed by atoms with Crippen LogP contribution in [0.1, 0.15) is 11.1 Å². The second-order valence-corrected chi connectivity index (χ2v) is 10.4. The molecule has 0 saturated carbocycles. The Balaban J connectivity index is 1.83. The van der Waals surface area contributed by atoms with E-state index in [-0.39, 0.29) is 10.6 Å². The average molecular weight is 582 g/mol. The number of aryl methyl sites for hydroxylation is 1. The Hall–Kier alpha value is -2.56. The van der Waals surface area contributed by atoms with Gasteiger partial charge in [-0.1, -0.05) is 54.6 Å². The number of nitrogens with zero attached hydrogens (tertiary/aromatic N) is 1. The Morgan fingerprint density at radius 3 is 2.41 bits per heavy atom. The fourth-order valence-corrected chi connectivity index (χ4v) is 4.99. The Labute approximate surface area is 206 Å². The SMILES string of the molecule is C=C(NNC(=O)CN(c1ccc(C)c(Cl)c1)S(=O)(=O)c1ccccc1)c1cccc(I)c1. The summed E-state index contributed by atoms with van der Waals surface area (Å²) in [7, 11) is -4.01. The van der Waals surface area contributed by atoms with Gasteiger partial charge < -0.3 is 0 Å². The van der Waals surface area contributed by atoms with Crippen LogP contribution in [0.25, 0.3) is 5.70 Å². The number of hydrazine groups is 1. The van der Waals surface area contributed by atoms with Crippen LogP contribution in [0, 0.1) is 10.5 Å². The molecule has 0 aromatic heterocycles. The Morgan fingerprint density at radius 1 is 1.03 bits per heavy atom.